The molecule has 3 aromatic rings. The number of nitrogens with one attached hydrogen (secondary N) is 2. The Morgan fingerprint density at radius 3 is 2.24 bits per heavy atom. The second kappa shape index (κ2) is 16.4. The van der Waals surface area contributed by atoms with Crippen molar-refractivity contribution in [2.24, 2.45) is 7.05 Å². The van der Waals surface area contributed by atoms with Gasteiger partial charge in [0.2, 0.25) is 12.8 Å². The van der Waals surface area contributed by atoms with Crippen molar-refractivity contribution in [3.8, 4) is 5.75 Å². The molecule has 0 aliphatic heterocycles. The lowest BCUT2D eigenvalue weighted by Crippen LogP contribution is -2.33. The van der Waals surface area contributed by atoms with Crippen molar-refractivity contribution in [1.29, 1.82) is 0 Å². The van der Waals surface area contributed by atoms with E-state index in [0.717, 1.165) is 5.56 Å². The number of anilines is 4. The highest BCUT2D eigenvalue weighted by Gasteiger charge is 2.29. The first-order valence-electron chi connectivity index (χ1n) is 13.1. The fraction of sp³-hybridized carbons (Fsp3) is 0.333. The van der Waals surface area contributed by atoms with Crippen molar-refractivity contribution in [2.75, 3.05) is 38.0 Å². The molecule has 0 aliphatic carbocycles. The van der Waals surface area contributed by atoms with Gasteiger partial charge in [-0.25, -0.2) is 4.39 Å². The van der Waals surface area contributed by atoms with Crippen LogP contribution in [-0.4, -0.2) is 55.9 Å². The fourth-order valence-corrected chi connectivity index (χ4v) is 3.78. The van der Waals surface area contributed by atoms with Crippen LogP contribution in [0.25, 0.3) is 0 Å². The van der Waals surface area contributed by atoms with Gasteiger partial charge >= 0.3 is 0 Å². The van der Waals surface area contributed by atoms with Crippen LogP contribution in [0.2, 0.25) is 0 Å². The number of ether oxygens (including phenoxy) is 1. The number of hydrogen-bond acceptors (Lipinski definition) is 6. The van der Waals surface area contributed by atoms with Gasteiger partial charge in [0, 0.05) is 39.8 Å². The van der Waals surface area contributed by atoms with Gasteiger partial charge in [-0.1, -0.05) is 26.0 Å². The maximum Gasteiger partial charge on any atom is 0.259 e. The van der Waals surface area contributed by atoms with Gasteiger partial charge in [-0.15, -0.1) is 0 Å². The summed E-state index contributed by atoms with van der Waals surface area (Å²) in [5.41, 5.74) is 1.10. The number of hydrogen-bond donors (Lipinski definition) is 2. The molecule has 0 bridgehead atoms. The Kier molecular flexibility index (Phi) is 13.8. The van der Waals surface area contributed by atoms with Crippen LogP contribution in [0.4, 0.5) is 27.3 Å². The Balaban J connectivity index is 0.00000129. The van der Waals surface area contributed by atoms with E-state index in [0.29, 0.717) is 30.9 Å². The summed E-state index contributed by atoms with van der Waals surface area (Å²) in [5.74, 6) is -0.426. The number of carbonyl (C=O) groups is 3. The normalized spacial score (nSPS) is 9.71. The molecule has 1 aromatic heterocycles. The Labute approximate surface area is 240 Å². The van der Waals surface area contributed by atoms with E-state index in [1.807, 2.05) is 20.8 Å². The van der Waals surface area contributed by atoms with Gasteiger partial charge < -0.3 is 20.3 Å². The van der Waals surface area contributed by atoms with Crippen molar-refractivity contribution in [3.63, 3.8) is 0 Å². The maximum atomic E-state index is 14.7. The van der Waals surface area contributed by atoms with E-state index < -0.39 is 17.3 Å². The van der Waals surface area contributed by atoms with E-state index in [4.69, 9.17) is 9.53 Å². The SMILES string of the molecule is CC.CCOc1cccc(N(C=O)c2c(C(=O)N(C)C)c(Nc3ccc(C)cc3F)n(C)c(=O)c2C)c1.CNC=O. The molecule has 0 saturated heterocycles. The predicted octanol–water partition coefficient (Wildman–Crippen LogP) is 4.67. The van der Waals surface area contributed by atoms with E-state index in [9.17, 15) is 18.8 Å². The van der Waals surface area contributed by atoms with Gasteiger partial charge in [-0.2, -0.15) is 0 Å². The van der Waals surface area contributed by atoms with Gasteiger partial charge in [0.15, 0.2) is 0 Å². The quantitative estimate of drug-likeness (QED) is 0.362. The van der Waals surface area contributed by atoms with Crippen LogP contribution in [-0.2, 0) is 16.6 Å². The number of halogens is 1. The van der Waals surface area contributed by atoms with Gasteiger partial charge in [0.1, 0.15) is 22.9 Å². The zero-order chi connectivity index (χ0) is 31.3. The molecule has 2 N–H and O–H groups in total. The average molecular weight is 570 g/mol. The third-order valence-electron chi connectivity index (χ3n) is 5.66. The molecule has 0 atom stereocenters. The summed E-state index contributed by atoms with van der Waals surface area (Å²) in [6.07, 6.45) is 1.16. The number of benzene rings is 2. The van der Waals surface area contributed by atoms with Gasteiger partial charge in [0.25, 0.3) is 11.5 Å². The number of pyridine rings is 1. The van der Waals surface area contributed by atoms with Crippen LogP contribution in [0, 0.1) is 19.7 Å². The molecule has 3 amide bonds. The highest BCUT2D eigenvalue weighted by Crippen LogP contribution is 2.36. The Morgan fingerprint density at radius 2 is 1.73 bits per heavy atom. The van der Waals surface area contributed by atoms with Crippen molar-refractivity contribution < 1.29 is 23.5 Å². The highest BCUT2D eigenvalue weighted by molar-refractivity contribution is 6.08. The van der Waals surface area contributed by atoms with E-state index in [1.165, 1.54) is 33.5 Å². The summed E-state index contributed by atoms with van der Waals surface area (Å²) in [5, 5.41) is 5.17. The lowest BCUT2D eigenvalue weighted by atomic mass is 10.1. The summed E-state index contributed by atoms with van der Waals surface area (Å²) in [4.78, 5) is 50.7. The fourth-order valence-electron chi connectivity index (χ4n) is 3.78. The van der Waals surface area contributed by atoms with E-state index >= 15 is 0 Å². The van der Waals surface area contributed by atoms with Crippen molar-refractivity contribution in [3.05, 3.63) is 75.3 Å². The highest BCUT2D eigenvalue weighted by atomic mass is 19.1. The number of rotatable bonds is 9. The number of aryl methyl sites for hydroxylation is 1. The van der Waals surface area contributed by atoms with E-state index in [-0.39, 0.29) is 28.3 Å². The van der Waals surface area contributed by atoms with E-state index in [1.54, 1.807) is 65.3 Å². The number of nitrogens with zero attached hydrogens (tertiary/aromatic N) is 3. The van der Waals surface area contributed by atoms with Gasteiger partial charge in [0.05, 0.1) is 23.7 Å². The first kappa shape index (κ1) is 34.4. The summed E-state index contributed by atoms with van der Waals surface area (Å²) in [6.45, 7) is 9.57. The summed E-state index contributed by atoms with van der Waals surface area (Å²) < 4.78 is 21.5. The third-order valence-corrected chi connectivity index (χ3v) is 5.66. The lowest BCUT2D eigenvalue weighted by Gasteiger charge is -2.27. The van der Waals surface area contributed by atoms with E-state index in [2.05, 4.69) is 10.6 Å². The van der Waals surface area contributed by atoms with Crippen molar-refractivity contribution >= 4 is 41.6 Å². The molecule has 11 heteroatoms. The molecule has 41 heavy (non-hydrogen) atoms. The lowest BCUT2D eigenvalue weighted by molar-refractivity contribution is -0.109. The molecule has 0 aliphatic rings. The average Bonchev–Trinajstić information content (AvgIpc) is 2.97. The largest absolute Gasteiger partial charge is 0.494 e. The van der Waals surface area contributed by atoms with Crippen molar-refractivity contribution in [2.45, 2.75) is 34.6 Å². The second-order valence-electron chi connectivity index (χ2n) is 8.68. The standard InChI is InChI=1S/C26H29FN4O4.C2H5NO.C2H6/c1-7-35-19-10-8-9-18(14-19)31(15-32)23-17(3)25(33)30(6)24(22(23)26(34)29(4)5)28-21-12-11-16(2)13-20(21)27;1-3-2-4;1-2/h8-15,28H,7H2,1-6H3;2H,1H3,(H,3,4);1-2H3. The molecule has 3 rings (SSSR count). The molecule has 2 aromatic carbocycles. The monoisotopic (exact) mass is 569 g/mol. The smallest absolute Gasteiger partial charge is 0.259 e. The molecular formula is C30H40FN5O5. The summed E-state index contributed by atoms with van der Waals surface area (Å²) in [6, 6.07) is 11.4. The van der Waals surface area contributed by atoms with Crippen LogP contribution in [0.15, 0.2) is 47.3 Å². The molecule has 0 spiro atoms. The summed E-state index contributed by atoms with van der Waals surface area (Å²) in [7, 11) is 6.17. The van der Waals surface area contributed by atoms with Crippen LogP contribution >= 0.6 is 0 Å². The van der Waals surface area contributed by atoms with Gasteiger partial charge in [-0.3, -0.25) is 28.6 Å². The van der Waals surface area contributed by atoms with Crippen LogP contribution < -0.4 is 25.8 Å². The molecular weight excluding hydrogens is 529 g/mol. The topological polar surface area (TPSA) is 113 Å². The molecule has 222 valence electrons. The minimum atomic E-state index is -0.542. The second-order valence-corrected chi connectivity index (χ2v) is 8.68. The Bertz CT molecular complexity index is 1400. The first-order valence-corrected chi connectivity index (χ1v) is 13.1. The number of carbonyl (C=O) groups excluding carboxylic acids is 3. The molecule has 0 fully saturated rings. The molecule has 0 unspecified atom stereocenters. The van der Waals surface area contributed by atoms with Crippen LogP contribution in [0.1, 0.15) is 42.3 Å². The molecule has 0 saturated carbocycles. The number of amides is 3. The first-order chi connectivity index (χ1) is 19.5. The van der Waals surface area contributed by atoms with Crippen LogP contribution in [0.5, 0.6) is 5.75 Å². The summed E-state index contributed by atoms with van der Waals surface area (Å²) >= 11 is 0. The minimum absolute atomic E-state index is 0.0449. The number of aromatic nitrogens is 1. The molecule has 0 radical (unpaired) electrons. The molecule has 1 heterocycles. The molecule has 10 nitrogen and oxygen atoms in total. The van der Waals surface area contributed by atoms with Crippen LogP contribution in [0.3, 0.4) is 0 Å². The van der Waals surface area contributed by atoms with Gasteiger partial charge in [-0.05, 0) is 50.6 Å². The Morgan fingerprint density at radius 1 is 1.10 bits per heavy atom. The Hall–Kier alpha value is -4.67. The minimum Gasteiger partial charge on any atom is -0.494 e. The van der Waals surface area contributed by atoms with Crippen molar-refractivity contribution in [1.82, 2.24) is 14.8 Å². The predicted molar refractivity (Wildman–Crippen MR) is 161 cm³/mol. The third kappa shape index (κ3) is 8.41. The zero-order valence-electron chi connectivity index (χ0n) is 25.2. The maximum absolute atomic E-state index is 14.7. The zero-order valence-corrected chi connectivity index (χ0v) is 25.2.